The van der Waals surface area contributed by atoms with Gasteiger partial charge in [-0.25, -0.2) is 14.5 Å². The summed E-state index contributed by atoms with van der Waals surface area (Å²) in [4.78, 5) is 25.9. The number of hydrogen-bond donors (Lipinski definition) is 1. The number of thioether (sulfide) groups is 1. The third kappa shape index (κ3) is 3.90. The van der Waals surface area contributed by atoms with Gasteiger partial charge in [0, 0.05) is 28.1 Å². The summed E-state index contributed by atoms with van der Waals surface area (Å²) in [5.74, 6) is 1.00. The van der Waals surface area contributed by atoms with E-state index in [9.17, 15) is 4.79 Å². The Labute approximate surface area is 170 Å². The second-order valence-electron chi connectivity index (χ2n) is 6.34. The van der Waals surface area contributed by atoms with Crippen molar-refractivity contribution in [2.75, 3.05) is 5.32 Å². The van der Waals surface area contributed by atoms with Crippen LogP contribution in [0.5, 0.6) is 0 Å². The summed E-state index contributed by atoms with van der Waals surface area (Å²) in [5, 5.41) is 10.5. The van der Waals surface area contributed by atoms with E-state index in [-0.39, 0.29) is 5.91 Å². The molecule has 28 heavy (non-hydrogen) atoms. The molecule has 7 nitrogen and oxygen atoms in total. The molecule has 0 saturated carbocycles. The average molecular weight is 411 g/mol. The van der Waals surface area contributed by atoms with Crippen molar-refractivity contribution >= 4 is 39.9 Å². The largest absolute Gasteiger partial charge is 0.298 e. The van der Waals surface area contributed by atoms with E-state index in [0.717, 1.165) is 22.6 Å². The highest BCUT2D eigenvalue weighted by atomic mass is 32.2. The second-order valence-corrected chi connectivity index (χ2v) is 8.14. The van der Waals surface area contributed by atoms with Crippen molar-refractivity contribution in [2.24, 2.45) is 0 Å². The van der Waals surface area contributed by atoms with Crippen LogP contribution in [0.1, 0.15) is 33.0 Å². The topological polar surface area (TPSA) is 85.1 Å². The lowest BCUT2D eigenvalue weighted by atomic mass is 10.1. The zero-order valence-electron chi connectivity index (χ0n) is 15.6. The molecule has 0 saturated heterocycles. The number of nitrogens with one attached hydrogen (secondary N) is 1. The first-order chi connectivity index (χ1) is 13.5. The molecule has 0 unspecified atom stereocenters. The first-order valence-electron chi connectivity index (χ1n) is 8.65. The van der Waals surface area contributed by atoms with E-state index >= 15 is 0 Å². The number of anilines is 1. The van der Waals surface area contributed by atoms with Crippen molar-refractivity contribution in [3.8, 4) is 0 Å². The fraction of sp³-hybridized carbons (Fsp3) is 0.211. The summed E-state index contributed by atoms with van der Waals surface area (Å²) in [7, 11) is 0. The highest BCUT2D eigenvalue weighted by molar-refractivity contribution is 7.98. The van der Waals surface area contributed by atoms with Gasteiger partial charge in [-0.05, 0) is 38.5 Å². The lowest BCUT2D eigenvalue weighted by Gasteiger charge is -2.07. The molecule has 4 aromatic rings. The van der Waals surface area contributed by atoms with Crippen molar-refractivity contribution in [1.29, 1.82) is 0 Å². The molecule has 0 radical (unpaired) electrons. The van der Waals surface area contributed by atoms with Crippen molar-refractivity contribution in [3.05, 3.63) is 63.9 Å². The summed E-state index contributed by atoms with van der Waals surface area (Å²) in [6.07, 6.45) is 0. The van der Waals surface area contributed by atoms with Gasteiger partial charge in [0.2, 0.25) is 5.16 Å². The minimum Gasteiger partial charge on any atom is -0.298 e. The van der Waals surface area contributed by atoms with Gasteiger partial charge in [-0.2, -0.15) is 4.98 Å². The molecule has 0 aliphatic rings. The summed E-state index contributed by atoms with van der Waals surface area (Å²) in [6, 6.07) is 9.51. The molecular weight excluding hydrogens is 392 g/mol. The van der Waals surface area contributed by atoms with Crippen LogP contribution in [-0.4, -0.2) is 30.5 Å². The van der Waals surface area contributed by atoms with Gasteiger partial charge in [-0.15, -0.1) is 16.4 Å². The predicted molar refractivity (Wildman–Crippen MR) is 111 cm³/mol. The van der Waals surface area contributed by atoms with Crippen LogP contribution in [0.3, 0.4) is 0 Å². The number of nitrogens with zero attached hydrogens (tertiary/aromatic N) is 5. The van der Waals surface area contributed by atoms with Crippen molar-refractivity contribution < 1.29 is 4.79 Å². The second kappa shape index (κ2) is 7.69. The Kier molecular flexibility index (Phi) is 5.10. The lowest BCUT2D eigenvalue weighted by molar-refractivity contribution is 0.102. The molecule has 0 fully saturated rings. The third-order valence-corrected chi connectivity index (χ3v) is 5.82. The van der Waals surface area contributed by atoms with Gasteiger partial charge in [0.1, 0.15) is 0 Å². The zero-order valence-corrected chi connectivity index (χ0v) is 17.3. The maximum atomic E-state index is 12.7. The van der Waals surface area contributed by atoms with E-state index < -0.39 is 0 Å². The first-order valence-corrected chi connectivity index (χ1v) is 10.5. The Balaban J connectivity index is 1.52. The monoisotopic (exact) mass is 410 g/mol. The predicted octanol–water partition coefficient (Wildman–Crippen LogP) is 4.05. The van der Waals surface area contributed by atoms with E-state index in [4.69, 9.17) is 0 Å². The van der Waals surface area contributed by atoms with Crippen LogP contribution in [0.2, 0.25) is 0 Å². The minimum atomic E-state index is -0.165. The normalized spacial score (nSPS) is 11.1. The maximum absolute atomic E-state index is 12.7. The summed E-state index contributed by atoms with van der Waals surface area (Å²) >= 11 is 2.90. The highest BCUT2D eigenvalue weighted by Crippen LogP contribution is 2.24. The number of aromatic nitrogens is 5. The molecule has 0 aliphatic heterocycles. The molecule has 0 atom stereocenters. The van der Waals surface area contributed by atoms with E-state index in [1.807, 2.05) is 56.5 Å². The molecular formula is C19H18N6OS2. The van der Waals surface area contributed by atoms with Gasteiger partial charge in [-0.1, -0.05) is 30.0 Å². The van der Waals surface area contributed by atoms with E-state index in [1.54, 1.807) is 4.52 Å². The highest BCUT2D eigenvalue weighted by Gasteiger charge is 2.14. The number of amides is 1. The van der Waals surface area contributed by atoms with Gasteiger partial charge in [-0.3, -0.25) is 10.1 Å². The molecule has 0 bridgehead atoms. The Bertz CT molecular complexity index is 1170. The van der Waals surface area contributed by atoms with E-state index in [1.165, 1.54) is 23.1 Å². The molecule has 142 valence electrons. The molecule has 0 aliphatic carbocycles. The van der Waals surface area contributed by atoms with Gasteiger partial charge in [0.15, 0.2) is 5.13 Å². The van der Waals surface area contributed by atoms with Gasteiger partial charge in [0.25, 0.3) is 11.7 Å². The molecule has 1 aromatic carbocycles. The van der Waals surface area contributed by atoms with Crippen molar-refractivity contribution in [3.63, 3.8) is 0 Å². The molecule has 9 heteroatoms. The number of aryl methyl sites for hydroxylation is 3. The quantitative estimate of drug-likeness (QED) is 0.500. The van der Waals surface area contributed by atoms with Crippen molar-refractivity contribution in [2.45, 2.75) is 31.7 Å². The van der Waals surface area contributed by atoms with Gasteiger partial charge < -0.3 is 0 Å². The molecule has 1 N–H and O–H groups in total. The number of hydrogen-bond acceptors (Lipinski definition) is 7. The summed E-state index contributed by atoms with van der Waals surface area (Å²) < 4.78 is 1.73. The summed E-state index contributed by atoms with van der Waals surface area (Å²) in [6.45, 7) is 5.81. The number of carbonyl (C=O) groups is 1. The molecule has 4 rings (SSSR count). The Hall–Kier alpha value is -2.78. The Morgan fingerprint density at radius 1 is 1.14 bits per heavy atom. The van der Waals surface area contributed by atoms with Crippen LogP contribution in [0.15, 0.2) is 40.9 Å². The molecule has 3 aromatic heterocycles. The lowest BCUT2D eigenvalue weighted by Crippen LogP contribution is -2.13. The number of thiazole rings is 1. The van der Waals surface area contributed by atoms with Crippen molar-refractivity contribution in [1.82, 2.24) is 24.6 Å². The van der Waals surface area contributed by atoms with Crippen LogP contribution >= 0.6 is 23.1 Å². The van der Waals surface area contributed by atoms with Crippen LogP contribution < -0.4 is 5.32 Å². The van der Waals surface area contributed by atoms with E-state index in [2.05, 4.69) is 25.4 Å². The zero-order chi connectivity index (χ0) is 19.7. The average Bonchev–Trinajstić information content (AvgIpc) is 3.26. The SMILES string of the molecule is Cc1csc(NC(=O)c2ccccc2CSc2nc3nc(C)cc(C)n3n2)n1. The van der Waals surface area contributed by atoms with Crippen LogP contribution in [-0.2, 0) is 5.75 Å². The van der Waals surface area contributed by atoms with Gasteiger partial charge >= 0.3 is 0 Å². The molecule has 1 amide bonds. The fourth-order valence-electron chi connectivity index (χ4n) is 2.79. The molecule has 3 heterocycles. The Morgan fingerprint density at radius 3 is 2.75 bits per heavy atom. The maximum Gasteiger partial charge on any atom is 0.257 e. The minimum absolute atomic E-state index is 0.165. The third-order valence-electron chi connectivity index (χ3n) is 4.06. The number of rotatable bonds is 5. The number of benzene rings is 1. The number of carbonyl (C=O) groups excluding carboxylic acids is 1. The van der Waals surface area contributed by atoms with Crippen LogP contribution in [0.25, 0.3) is 5.78 Å². The van der Waals surface area contributed by atoms with Gasteiger partial charge in [0.05, 0.1) is 5.69 Å². The van der Waals surface area contributed by atoms with E-state index in [0.29, 0.717) is 27.4 Å². The first kappa shape index (κ1) is 18.6. The Morgan fingerprint density at radius 2 is 1.96 bits per heavy atom. The fourth-order valence-corrected chi connectivity index (χ4v) is 4.30. The summed E-state index contributed by atoms with van der Waals surface area (Å²) in [5.41, 5.74) is 4.32. The molecule has 0 spiro atoms. The smallest absolute Gasteiger partial charge is 0.257 e. The van der Waals surface area contributed by atoms with Crippen LogP contribution in [0, 0.1) is 20.8 Å². The standard InChI is InChI=1S/C19H18N6OS2/c1-11-8-13(3)25-17(20-11)23-19(24-25)28-10-14-6-4-5-7-15(14)16(26)22-18-21-12(2)9-27-18/h4-9H,10H2,1-3H3,(H,21,22,26). The van der Waals surface area contributed by atoms with Crippen LogP contribution in [0.4, 0.5) is 5.13 Å². The number of fused-ring (bicyclic) bond motifs is 1.